The van der Waals surface area contributed by atoms with Crippen LogP contribution in [0.2, 0.25) is 0 Å². The highest BCUT2D eigenvalue weighted by Gasteiger charge is 2.15. The molecule has 0 aliphatic carbocycles. The van der Waals surface area contributed by atoms with Gasteiger partial charge in [-0.2, -0.15) is 0 Å². The van der Waals surface area contributed by atoms with E-state index in [1.165, 1.54) is 0 Å². The maximum atomic E-state index is 10.2. The molecular formula is C15H19N3O3. The van der Waals surface area contributed by atoms with Crippen molar-refractivity contribution in [3.05, 3.63) is 42.5 Å². The summed E-state index contributed by atoms with van der Waals surface area (Å²) in [6, 6.07) is 5.56. The number of hydrogen-bond donors (Lipinski definition) is 2. The zero-order chi connectivity index (χ0) is 14.5. The Bertz CT molecular complexity index is 572. The van der Waals surface area contributed by atoms with E-state index in [-0.39, 0.29) is 0 Å². The summed E-state index contributed by atoms with van der Waals surface area (Å²) in [7, 11) is 0. The topological polar surface area (TPSA) is 68.5 Å². The zero-order valence-corrected chi connectivity index (χ0v) is 11.7. The molecule has 1 aliphatic heterocycles. The van der Waals surface area contributed by atoms with Crippen molar-refractivity contribution >= 4 is 0 Å². The van der Waals surface area contributed by atoms with Gasteiger partial charge in [-0.1, -0.05) is 6.07 Å². The van der Waals surface area contributed by atoms with Gasteiger partial charge in [0.2, 0.25) is 0 Å². The minimum atomic E-state index is -0.566. The number of aromatic nitrogens is 2. The van der Waals surface area contributed by atoms with Crippen LogP contribution in [-0.4, -0.2) is 41.0 Å². The van der Waals surface area contributed by atoms with Crippen molar-refractivity contribution < 1.29 is 14.6 Å². The van der Waals surface area contributed by atoms with Crippen LogP contribution in [0, 0.1) is 0 Å². The van der Waals surface area contributed by atoms with E-state index in [0.29, 0.717) is 25.5 Å². The molecule has 2 heterocycles. The SMILES string of the molecule is OC(CNCCn1ccnc1)c1ccc2c(c1)OCCO2. The molecule has 1 unspecified atom stereocenters. The lowest BCUT2D eigenvalue weighted by molar-refractivity contribution is 0.163. The molecule has 0 radical (unpaired) electrons. The average molecular weight is 289 g/mol. The summed E-state index contributed by atoms with van der Waals surface area (Å²) in [5, 5.41) is 13.4. The lowest BCUT2D eigenvalue weighted by Gasteiger charge is -2.20. The molecule has 1 aliphatic rings. The predicted octanol–water partition coefficient (Wildman–Crippen LogP) is 0.977. The second kappa shape index (κ2) is 6.60. The summed E-state index contributed by atoms with van der Waals surface area (Å²) in [5.41, 5.74) is 0.828. The molecule has 21 heavy (non-hydrogen) atoms. The van der Waals surface area contributed by atoms with Gasteiger partial charge in [0.1, 0.15) is 13.2 Å². The zero-order valence-electron chi connectivity index (χ0n) is 11.7. The van der Waals surface area contributed by atoms with Crippen molar-refractivity contribution in [3.63, 3.8) is 0 Å². The first-order valence-electron chi connectivity index (χ1n) is 7.07. The van der Waals surface area contributed by atoms with Crippen LogP contribution in [0.15, 0.2) is 36.9 Å². The van der Waals surface area contributed by atoms with Gasteiger partial charge in [0, 0.05) is 32.0 Å². The first-order chi connectivity index (χ1) is 10.3. The summed E-state index contributed by atoms with van der Waals surface area (Å²) in [5.74, 6) is 1.45. The number of ether oxygens (including phenoxy) is 2. The van der Waals surface area contributed by atoms with E-state index in [1.807, 2.05) is 29.0 Å². The fourth-order valence-corrected chi connectivity index (χ4v) is 2.25. The first kappa shape index (κ1) is 13.9. The lowest BCUT2D eigenvalue weighted by Crippen LogP contribution is -2.25. The Morgan fingerprint density at radius 2 is 2.14 bits per heavy atom. The fraction of sp³-hybridized carbons (Fsp3) is 0.400. The molecule has 6 heteroatoms. The van der Waals surface area contributed by atoms with Gasteiger partial charge in [0.15, 0.2) is 11.5 Å². The van der Waals surface area contributed by atoms with Crippen molar-refractivity contribution in [1.82, 2.24) is 14.9 Å². The number of benzene rings is 1. The highest BCUT2D eigenvalue weighted by Crippen LogP contribution is 2.32. The van der Waals surface area contributed by atoms with E-state index in [0.717, 1.165) is 24.4 Å². The minimum absolute atomic E-state index is 0.494. The summed E-state index contributed by atoms with van der Waals surface area (Å²) < 4.78 is 13.0. The third-order valence-electron chi connectivity index (χ3n) is 3.39. The van der Waals surface area contributed by atoms with Crippen molar-refractivity contribution in [2.45, 2.75) is 12.6 Å². The summed E-state index contributed by atoms with van der Waals surface area (Å²) >= 11 is 0. The number of imidazole rings is 1. The average Bonchev–Trinajstić information content (AvgIpc) is 3.04. The highest BCUT2D eigenvalue weighted by atomic mass is 16.6. The van der Waals surface area contributed by atoms with Crippen LogP contribution < -0.4 is 14.8 Å². The molecular weight excluding hydrogens is 270 g/mol. The Morgan fingerprint density at radius 1 is 1.29 bits per heavy atom. The molecule has 1 aromatic heterocycles. The van der Waals surface area contributed by atoms with E-state index in [9.17, 15) is 5.11 Å². The third kappa shape index (κ3) is 3.53. The van der Waals surface area contributed by atoms with Crippen molar-refractivity contribution in [3.8, 4) is 11.5 Å². The lowest BCUT2D eigenvalue weighted by atomic mass is 10.1. The van der Waals surface area contributed by atoms with E-state index in [2.05, 4.69) is 10.3 Å². The second-order valence-corrected chi connectivity index (χ2v) is 4.92. The first-order valence-corrected chi connectivity index (χ1v) is 7.07. The molecule has 3 rings (SSSR count). The van der Waals surface area contributed by atoms with Crippen LogP contribution in [0.4, 0.5) is 0 Å². The van der Waals surface area contributed by atoms with Gasteiger partial charge in [-0.15, -0.1) is 0 Å². The van der Waals surface area contributed by atoms with E-state index in [4.69, 9.17) is 9.47 Å². The molecule has 0 saturated heterocycles. The van der Waals surface area contributed by atoms with Crippen LogP contribution in [0.25, 0.3) is 0 Å². The number of nitrogens with one attached hydrogen (secondary N) is 1. The number of nitrogens with zero attached hydrogens (tertiary/aromatic N) is 2. The standard InChI is InChI=1S/C15H19N3O3/c19-13(10-16-3-5-18-6-4-17-11-18)12-1-2-14-15(9-12)21-8-7-20-14/h1-2,4,6,9,11,13,16,19H,3,5,7-8,10H2. The molecule has 0 amide bonds. The number of fused-ring (bicyclic) bond motifs is 1. The summed E-state index contributed by atoms with van der Waals surface area (Å²) in [6.07, 6.45) is 4.88. The maximum absolute atomic E-state index is 10.2. The molecule has 0 bridgehead atoms. The third-order valence-corrected chi connectivity index (χ3v) is 3.39. The van der Waals surface area contributed by atoms with Crippen LogP contribution in [0.3, 0.4) is 0 Å². The largest absolute Gasteiger partial charge is 0.486 e. The Morgan fingerprint density at radius 3 is 2.95 bits per heavy atom. The molecule has 2 aromatic rings. The molecule has 0 fully saturated rings. The van der Waals surface area contributed by atoms with Gasteiger partial charge < -0.3 is 24.5 Å². The van der Waals surface area contributed by atoms with E-state index >= 15 is 0 Å². The van der Waals surface area contributed by atoms with Gasteiger partial charge in [0.25, 0.3) is 0 Å². The van der Waals surface area contributed by atoms with Crippen molar-refractivity contribution in [2.24, 2.45) is 0 Å². The molecule has 112 valence electrons. The van der Waals surface area contributed by atoms with Gasteiger partial charge in [-0.05, 0) is 17.7 Å². The second-order valence-electron chi connectivity index (χ2n) is 4.92. The van der Waals surface area contributed by atoms with E-state index in [1.54, 1.807) is 12.5 Å². The van der Waals surface area contributed by atoms with E-state index < -0.39 is 6.10 Å². The number of rotatable bonds is 6. The normalized spacial score (nSPS) is 14.9. The fourth-order valence-electron chi connectivity index (χ4n) is 2.25. The number of aliphatic hydroxyl groups is 1. The van der Waals surface area contributed by atoms with Crippen LogP contribution in [0.1, 0.15) is 11.7 Å². The maximum Gasteiger partial charge on any atom is 0.161 e. The highest BCUT2D eigenvalue weighted by molar-refractivity contribution is 5.44. The van der Waals surface area contributed by atoms with Gasteiger partial charge in [0.05, 0.1) is 12.4 Å². The Hall–Kier alpha value is -2.05. The Balaban J connectivity index is 1.49. The Kier molecular flexibility index (Phi) is 4.37. The summed E-state index contributed by atoms with van der Waals surface area (Å²) in [6.45, 7) is 3.22. The van der Waals surface area contributed by atoms with Crippen molar-refractivity contribution in [1.29, 1.82) is 0 Å². The molecule has 2 N–H and O–H groups in total. The molecule has 6 nitrogen and oxygen atoms in total. The van der Waals surface area contributed by atoms with Crippen LogP contribution >= 0.6 is 0 Å². The molecule has 1 atom stereocenters. The molecule has 0 spiro atoms. The van der Waals surface area contributed by atoms with Crippen LogP contribution in [0.5, 0.6) is 11.5 Å². The van der Waals surface area contributed by atoms with Gasteiger partial charge in [-0.3, -0.25) is 0 Å². The Labute approximate surface area is 123 Å². The molecule has 0 saturated carbocycles. The monoisotopic (exact) mass is 289 g/mol. The number of hydrogen-bond acceptors (Lipinski definition) is 5. The summed E-state index contributed by atoms with van der Waals surface area (Å²) in [4.78, 5) is 3.98. The van der Waals surface area contributed by atoms with Crippen LogP contribution in [-0.2, 0) is 6.54 Å². The minimum Gasteiger partial charge on any atom is -0.486 e. The van der Waals surface area contributed by atoms with Crippen molar-refractivity contribution in [2.75, 3.05) is 26.3 Å². The van der Waals surface area contributed by atoms with Gasteiger partial charge in [-0.25, -0.2) is 4.98 Å². The predicted molar refractivity (Wildman–Crippen MR) is 77.5 cm³/mol. The molecule has 1 aromatic carbocycles. The number of aliphatic hydroxyl groups excluding tert-OH is 1. The van der Waals surface area contributed by atoms with Gasteiger partial charge >= 0.3 is 0 Å². The quantitative estimate of drug-likeness (QED) is 0.776. The smallest absolute Gasteiger partial charge is 0.161 e.